The zero-order valence-corrected chi connectivity index (χ0v) is 15.9. The van der Waals surface area contributed by atoms with E-state index in [-0.39, 0.29) is 23.5 Å². The van der Waals surface area contributed by atoms with Crippen LogP contribution in [0.25, 0.3) is 0 Å². The molecule has 28 heavy (non-hydrogen) atoms. The van der Waals surface area contributed by atoms with E-state index >= 15 is 0 Å². The van der Waals surface area contributed by atoms with E-state index in [1.165, 1.54) is 29.7 Å². The van der Waals surface area contributed by atoms with Gasteiger partial charge in [-0.3, -0.25) is 14.3 Å². The number of benzene rings is 1. The van der Waals surface area contributed by atoms with Gasteiger partial charge < -0.3 is 5.32 Å². The Morgan fingerprint density at radius 3 is 2.64 bits per heavy atom. The first kappa shape index (κ1) is 18.9. The fourth-order valence-electron chi connectivity index (χ4n) is 4.06. The van der Waals surface area contributed by atoms with Crippen molar-refractivity contribution < 1.29 is 9.18 Å². The van der Waals surface area contributed by atoms with Gasteiger partial charge in [0.2, 0.25) is 5.91 Å². The molecule has 0 radical (unpaired) electrons. The number of hydrogen-bond acceptors (Lipinski definition) is 4. The molecule has 1 saturated heterocycles. The van der Waals surface area contributed by atoms with Gasteiger partial charge in [-0.05, 0) is 56.5 Å². The Bertz CT molecular complexity index is 883. The van der Waals surface area contributed by atoms with E-state index in [9.17, 15) is 14.0 Å². The van der Waals surface area contributed by atoms with E-state index in [1.807, 2.05) is 0 Å². The van der Waals surface area contributed by atoms with Crippen LogP contribution in [0.2, 0.25) is 0 Å². The summed E-state index contributed by atoms with van der Waals surface area (Å²) in [7, 11) is 0. The second-order valence-electron chi connectivity index (χ2n) is 7.71. The largest absolute Gasteiger partial charge is 0.352 e. The summed E-state index contributed by atoms with van der Waals surface area (Å²) >= 11 is 0. The van der Waals surface area contributed by atoms with Crippen molar-refractivity contribution in [2.45, 2.75) is 51.2 Å². The lowest BCUT2D eigenvalue weighted by Crippen LogP contribution is -2.41. The molecule has 150 valence electrons. The fourth-order valence-corrected chi connectivity index (χ4v) is 4.06. The van der Waals surface area contributed by atoms with Crippen molar-refractivity contribution in [1.29, 1.82) is 0 Å². The number of halogens is 1. The van der Waals surface area contributed by atoms with Gasteiger partial charge in [0.25, 0.3) is 0 Å². The lowest BCUT2D eigenvalue weighted by Gasteiger charge is -2.19. The summed E-state index contributed by atoms with van der Waals surface area (Å²) < 4.78 is 16.2. The maximum absolute atomic E-state index is 13.1. The predicted octanol–water partition coefficient (Wildman–Crippen LogP) is 1.15. The van der Waals surface area contributed by atoms with Gasteiger partial charge in [-0.2, -0.15) is 5.10 Å². The highest BCUT2D eigenvalue weighted by Crippen LogP contribution is 2.13. The van der Waals surface area contributed by atoms with Crippen molar-refractivity contribution in [3.8, 4) is 0 Å². The van der Waals surface area contributed by atoms with Crippen molar-refractivity contribution >= 4 is 5.91 Å². The first-order valence-electron chi connectivity index (χ1n) is 10.0. The molecule has 1 fully saturated rings. The van der Waals surface area contributed by atoms with Crippen LogP contribution in [-0.2, 0) is 24.3 Å². The Labute approximate surface area is 163 Å². The highest BCUT2D eigenvalue weighted by Gasteiger charge is 2.23. The molecule has 0 saturated carbocycles. The zero-order chi connectivity index (χ0) is 19.5. The van der Waals surface area contributed by atoms with Gasteiger partial charge in [-0.15, -0.1) is 0 Å². The highest BCUT2D eigenvalue weighted by molar-refractivity contribution is 5.78. The lowest BCUT2D eigenvalue weighted by atomic mass is 10.1. The van der Waals surface area contributed by atoms with Gasteiger partial charge in [0.05, 0.1) is 13.1 Å². The molecule has 0 bridgehead atoms. The molecular weight excluding hydrogens is 361 g/mol. The summed E-state index contributed by atoms with van der Waals surface area (Å²) in [5.41, 5.74) is 0.687. The number of nitrogens with zero attached hydrogens (tertiary/aromatic N) is 4. The third-order valence-electron chi connectivity index (χ3n) is 5.59. The molecule has 1 amide bonds. The lowest BCUT2D eigenvalue weighted by molar-refractivity contribution is -0.122. The van der Waals surface area contributed by atoms with Crippen molar-refractivity contribution in [2.24, 2.45) is 0 Å². The average Bonchev–Trinajstić information content (AvgIpc) is 3.22. The van der Waals surface area contributed by atoms with Crippen molar-refractivity contribution in [1.82, 2.24) is 24.6 Å². The summed E-state index contributed by atoms with van der Waals surface area (Å²) in [5.74, 6) is 0.526. The molecule has 0 spiro atoms. The number of hydrogen-bond donors (Lipinski definition) is 1. The van der Waals surface area contributed by atoms with Crippen LogP contribution >= 0.6 is 0 Å². The summed E-state index contributed by atoms with van der Waals surface area (Å²) in [6, 6.07) is 6.17. The average molecular weight is 387 g/mol. The fraction of sp³-hybridized carbons (Fsp3) is 0.550. The van der Waals surface area contributed by atoms with Crippen LogP contribution in [0.1, 0.15) is 37.1 Å². The normalized spacial score (nSPS) is 20.0. The molecule has 1 aromatic heterocycles. The molecule has 2 aliphatic heterocycles. The number of aromatic nitrogens is 3. The van der Waals surface area contributed by atoms with Crippen LogP contribution in [0.15, 0.2) is 29.1 Å². The quantitative estimate of drug-likeness (QED) is 0.836. The van der Waals surface area contributed by atoms with Crippen LogP contribution in [0, 0.1) is 5.82 Å². The van der Waals surface area contributed by atoms with Gasteiger partial charge in [0.15, 0.2) is 0 Å². The van der Waals surface area contributed by atoms with Gasteiger partial charge >= 0.3 is 5.69 Å². The van der Waals surface area contributed by atoms with Crippen LogP contribution < -0.4 is 11.0 Å². The highest BCUT2D eigenvalue weighted by atomic mass is 19.1. The van der Waals surface area contributed by atoms with E-state index in [0.717, 1.165) is 37.3 Å². The second kappa shape index (κ2) is 8.26. The molecule has 1 unspecified atom stereocenters. The molecule has 0 aliphatic carbocycles. The standard InChI is InChI=1S/C20H26FN5O2/c21-16-5-3-15(4-6-16)13-26-20(28)25-12-9-17(7-8-18(25)23-26)22-19(27)14-24-10-1-2-11-24/h3-6,17H,1-2,7-14H2,(H,22,27). The Morgan fingerprint density at radius 2 is 1.89 bits per heavy atom. The van der Waals surface area contributed by atoms with E-state index in [0.29, 0.717) is 26.1 Å². The zero-order valence-electron chi connectivity index (χ0n) is 15.9. The number of carbonyl (C=O) groups is 1. The Morgan fingerprint density at radius 1 is 1.14 bits per heavy atom. The van der Waals surface area contributed by atoms with Crippen molar-refractivity contribution in [3.05, 3.63) is 52.0 Å². The number of likely N-dealkylation sites (tertiary alicyclic amines) is 1. The maximum atomic E-state index is 13.1. The SMILES string of the molecule is O=C(CN1CCCC1)NC1CCc2nn(Cc3ccc(F)cc3)c(=O)n2CC1. The Hall–Kier alpha value is -2.48. The maximum Gasteiger partial charge on any atom is 0.346 e. The van der Waals surface area contributed by atoms with Crippen LogP contribution in [0.5, 0.6) is 0 Å². The summed E-state index contributed by atoms with van der Waals surface area (Å²) in [6.45, 7) is 3.34. The number of nitrogens with one attached hydrogen (secondary N) is 1. The first-order valence-corrected chi connectivity index (χ1v) is 10.0. The summed E-state index contributed by atoms with van der Waals surface area (Å²) in [4.78, 5) is 27.1. The van der Waals surface area contributed by atoms with Gasteiger partial charge in [0, 0.05) is 19.0 Å². The van der Waals surface area contributed by atoms with Gasteiger partial charge in [-0.25, -0.2) is 13.9 Å². The third kappa shape index (κ3) is 4.32. The van der Waals surface area contributed by atoms with Crippen LogP contribution in [0.3, 0.4) is 0 Å². The van der Waals surface area contributed by atoms with E-state index < -0.39 is 0 Å². The molecule has 1 atom stereocenters. The number of fused-ring (bicyclic) bond motifs is 1. The van der Waals surface area contributed by atoms with Gasteiger partial charge in [0.1, 0.15) is 11.6 Å². The van der Waals surface area contributed by atoms with Crippen LogP contribution in [0.4, 0.5) is 4.39 Å². The minimum atomic E-state index is -0.297. The van der Waals surface area contributed by atoms with Crippen LogP contribution in [-0.4, -0.2) is 50.8 Å². The molecular formula is C20H26FN5O2. The molecule has 2 aliphatic rings. The number of carbonyl (C=O) groups excluding carboxylic acids is 1. The van der Waals surface area contributed by atoms with Gasteiger partial charge in [-0.1, -0.05) is 12.1 Å². The molecule has 4 rings (SSSR count). The summed E-state index contributed by atoms with van der Waals surface area (Å²) in [6.07, 6.45) is 4.49. The number of rotatable bonds is 5. The second-order valence-corrected chi connectivity index (χ2v) is 7.71. The molecule has 8 heteroatoms. The Balaban J connectivity index is 1.36. The third-order valence-corrected chi connectivity index (χ3v) is 5.59. The number of amides is 1. The first-order chi connectivity index (χ1) is 13.6. The van der Waals surface area contributed by atoms with E-state index in [1.54, 1.807) is 16.7 Å². The van der Waals surface area contributed by atoms with Crippen molar-refractivity contribution in [3.63, 3.8) is 0 Å². The molecule has 3 heterocycles. The number of aryl methyl sites for hydroxylation is 1. The Kier molecular flexibility index (Phi) is 5.57. The monoisotopic (exact) mass is 387 g/mol. The molecule has 1 N–H and O–H groups in total. The topological polar surface area (TPSA) is 72.2 Å². The minimum absolute atomic E-state index is 0.0696. The molecule has 7 nitrogen and oxygen atoms in total. The van der Waals surface area contributed by atoms with E-state index in [2.05, 4.69) is 15.3 Å². The smallest absolute Gasteiger partial charge is 0.346 e. The minimum Gasteiger partial charge on any atom is -0.352 e. The van der Waals surface area contributed by atoms with Crippen molar-refractivity contribution in [2.75, 3.05) is 19.6 Å². The predicted molar refractivity (Wildman–Crippen MR) is 103 cm³/mol. The molecule has 2 aromatic rings. The molecule has 1 aromatic carbocycles. The van der Waals surface area contributed by atoms with E-state index in [4.69, 9.17) is 0 Å². The summed E-state index contributed by atoms with van der Waals surface area (Å²) in [5, 5.41) is 7.60.